The number of nitrogens with zero attached hydrogens (tertiary/aromatic N) is 1. The third kappa shape index (κ3) is 1.89. The summed E-state index contributed by atoms with van der Waals surface area (Å²) in [6, 6.07) is 20.5. The summed E-state index contributed by atoms with van der Waals surface area (Å²) in [6.07, 6.45) is 0.681. The predicted octanol–water partition coefficient (Wildman–Crippen LogP) is 3.01. The second-order valence-corrected chi connectivity index (χ2v) is 5.30. The molecule has 3 heteroatoms. The lowest BCUT2D eigenvalue weighted by Crippen LogP contribution is -2.30. The Hall–Kier alpha value is -1.92. The number of benzene rings is 2. The minimum atomic E-state index is -0.497. The Morgan fingerprint density at radius 3 is 1.74 bits per heavy atom. The molecule has 2 nitrogen and oxygen atoms in total. The highest BCUT2D eigenvalue weighted by Crippen LogP contribution is 2.40. The molecule has 0 aliphatic carbocycles. The molecule has 0 radical (unpaired) electrons. The summed E-state index contributed by atoms with van der Waals surface area (Å²) in [7, 11) is 3.76. The fourth-order valence-corrected chi connectivity index (χ4v) is 3.16. The summed E-state index contributed by atoms with van der Waals surface area (Å²) < 4.78 is 0. The van der Waals surface area contributed by atoms with Crippen LogP contribution in [0.3, 0.4) is 0 Å². The molecule has 2 aromatic rings. The molecule has 19 heavy (non-hydrogen) atoms. The lowest BCUT2D eigenvalue weighted by atomic mass is 9.81. The minimum absolute atomic E-state index is 0.497. The normalized spacial score (nSPS) is 17.3. The maximum absolute atomic E-state index is 5.97. The average Bonchev–Trinajstić information content (AvgIpc) is 2.76. The summed E-state index contributed by atoms with van der Waals surface area (Å²) in [5, 5.41) is 1.09. The van der Waals surface area contributed by atoms with Gasteiger partial charge in [0.05, 0.1) is 0 Å². The van der Waals surface area contributed by atoms with E-state index in [0.717, 1.165) is 16.4 Å². The molecule has 0 fully saturated rings. The van der Waals surface area contributed by atoms with Crippen LogP contribution in [0.5, 0.6) is 0 Å². The van der Waals surface area contributed by atoms with Crippen LogP contribution in [0.1, 0.15) is 17.5 Å². The zero-order chi connectivity index (χ0) is 13.3. The first-order valence-corrected chi connectivity index (χ1v) is 6.76. The summed E-state index contributed by atoms with van der Waals surface area (Å²) in [4.78, 5) is 4.75. The third-order valence-corrected chi connectivity index (χ3v) is 4.03. The minimum Gasteiger partial charge on any atom is -0.387 e. The molecule has 0 unspecified atom stereocenters. The van der Waals surface area contributed by atoms with Crippen LogP contribution in [0.4, 0.5) is 0 Å². The Labute approximate surface area is 115 Å². The number of nitrogens with two attached hydrogens (primary N) is 1. The molecule has 3 rings (SSSR count). The van der Waals surface area contributed by atoms with Crippen LogP contribution in [-0.4, -0.2) is 11.1 Å². The Balaban J connectivity index is 2.26. The van der Waals surface area contributed by atoms with Crippen molar-refractivity contribution in [2.75, 3.05) is 0 Å². The lowest BCUT2D eigenvalue weighted by Gasteiger charge is -2.28. The largest absolute Gasteiger partial charge is 0.387 e. The van der Waals surface area contributed by atoms with Crippen LogP contribution >= 0.6 is 8.86 Å². The monoisotopic (exact) mass is 266 g/mol. The summed E-state index contributed by atoms with van der Waals surface area (Å²) in [6.45, 7) is 0. The Morgan fingerprint density at radius 1 is 0.895 bits per heavy atom. The van der Waals surface area contributed by atoms with Crippen molar-refractivity contribution in [1.82, 2.24) is 0 Å². The summed E-state index contributed by atoms with van der Waals surface area (Å²) in [5.74, 6) is 0.665. The second-order valence-electron chi connectivity index (χ2n) is 4.70. The fraction of sp³-hybridized carbons (Fsp3) is 0.125. The van der Waals surface area contributed by atoms with Gasteiger partial charge in [0.25, 0.3) is 0 Å². The van der Waals surface area contributed by atoms with Crippen molar-refractivity contribution in [3.63, 3.8) is 0 Å². The van der Waals surface area contributed by atoms with Gasteiger partial charge in [0, 0.05) is 6.42 Å². The second kappa shape index (κ2) is 4.64. The van der Waals surface area contributed by atoms with Crippen molar-refractivity contribution < 1.29 is 0 Å². The van der Waals surface area contributed by atoms with E-state index < -0.39 is 5.54 Å². The number of hydrogen-bond donors (Lipinski definition) is 1. The maximum atomic E-state index is 5.97. The van der Waals surface area contributed by atoms with Crippen molar-refractivity contribution >= 4 is 20.0 Å². The molecule has 0 saturated heterocycles. The van der Waals surface area contributed by atoms with Crippen LogP contribution < -0.4 is 5.73 Å². The van der Waals surface area contributed by atoms with Crippen LogP contribution in [0.15, 0.2) is 65.7 Å². The van der Waals surface area contributed by atoms with Gasteiger partial charge >= 0.3 is 0 Å². The Kier molecular flexibility index (Phi) is 2.96. The molecule has 0 saturated carbocycles. The molecule has 2 aromatic carbocycles. The van der Waals surface area contributed by atoms with Gasteiger partial charge in [-0.15, -0.1) is 8.86 Å². The van der Waals surface area contributed by atoms with E-state index in [1.807, 2.05) is 36.4 Å². The Morgan fingerprint density at radius 2 is 1.37 bits per heavy atom. The summed E-state index contributed by atoms with van der Waals surface area (Å²) >= 11 is 0. The van der Waals surface area contributed by atoms with Gasteiger partial charge in [-0.05, 0) is 16.4 Å². The molecular formula is C16H15N2P. The fourth-order valence-electron chi connectivity index (χ4n) is 2.63. The van der Waals surface area contributed by atoms with Crippen molar-refractivity contribution in [3.8, 4) is 0 Å². The van der Waals surface area contributed by atoms with E-state index in [9.17, 15) is 0 Å². The van der Waals surface area contributed by atoms with Gasteiger partial charge in [0.15, 0.2) is 0 Å². The quantitative estimate of drug-likeness (QED) is 0.834. The van der Waals surface area contributed by atoms with E-state index in [1.54, 1.807) is 0 Å². The molecule has 2 N–H and O–H groups in total. The molecule has 0 spiro atoms. The zero-order valence-corrected chi connectivity index (χ0v) is 11.5. The molecule has 94 valence electrons. The molecule has 0 atom stereocenters. The van der Waals surface area contributed by atoms with E-state index >= 15 is 0 Å². The van der Waals surface area contributed by atoms with Gasteiger partial charge in [0.2, 0.25) is 0 Å². The molecule has 1 heterocycles. The van der Waals surface area contributed by atoms with Gasteiger partial charge < -0.3 is 5.73 Å². The van der Waals surface area contributed by atoms with Crippen molar-refractivity contribution in [2.45, 2.75) is 12.0 Å². The molecular weight excluding hydrogens is 251 g/mol. The molecule has 0 bridgehead atoms. The summed E-state index contributed by atoms with van der Waals surface area (Å²) in [5.41, 5.74) is 7.74. The predicted molar refractivity (Wildman–Crippen MR) is 83.2 cm³/mol. The van der Waals surface area contributed by atoms with Gasteiger partial charge in [-0.25, -0.2) is 0 Å². The highest BCUT2D eigenvalue weighted by molar-refractivity contribution is 7.22. The van der Waals surface area contributed by atoms with E-state index in [0.29, 0.717) is 12.3 Å². The van der Waals surface area contributed by atoms with Crippen molar-refractivity contribution in [3.05, 3.63) is 71.8 Å². The molecule has 0 amide bonds. The first-order valence-electron chi connectivity index (χ1n) is 6.26. The number of hydrogen-bond acceptors (Lipinski definition) is 2. The highest BCUT2D eigenvalue weighted by Gasteiger charge is 2.41. The first kappa shape index (κ1) is 12.1. The number of aliphatic imine (C=N–C) groups is 1. The zero-order valence-electron chi connectivity index (χ0n) is 10.5. The molecule has 1 aliphatic heterocycles. The van der Waals surface area contributed by atoms with E-state index in [2.05, 4.69) is 33.1 Å². The van der Waals surface area contributed by atoms with Gasteiger partial charge in [-0.3, -0.25) is 4.99 Å². The average molecular weight is 266 g/mol. The van der Waals surface area contributed by atoms with Gasteiger partial charge in [-0.1, -0.05) is 60.7 Å². The Bertz CT molecular complexity index is 593. The first-order chi connectivity index (χ1) is 9.23. The third-order valence-electron chi connectivity index (χ3n) is 3.49. The standard InChI is InChI=1S/C16H15N2P/c17-15-11-14(19)16(18-15,12-7-3-1-4-8-12)13-9-5-2-6-10-13/h1-10,19H,11H2,(H2,17,18). The number of amidine groups is 1. The van der Waals surface area contributed by atoms with E-state index in [4.69, 9.17) is 10.7 Å². The van der Waals surface area contributed by atoms with Gasteiger partial charge in [-0.2, -0.15) is 0 Å². The maximum Gasteiger partial charge on any atom is 0.138 e. The molecule has 0 aromatic heterocycles. The van der Waals surface area contributed by atoms with Crippen LogP contribution in [-0.2, 0) is 5.54 Å². The van der Waals surface area contributed by atoms with E-state index in [-0.39, 0.29) is 0 Å². The topological polar surface area (TPSA) is 38.4 Å². The van der Waals surface area contributed by atoms with Crippen LogP contribution in [0, 0.1) is 0 Å². The van der Waals surface area contributed by atoms with Crippen LogP contribution in [0.25, 0.3) is 0 Å². The van der Waals surface area contributed by atoms with Gasteiger partial charge in [0.1, 0.15) is 11.4 Å². The SMILES string of the molecule is NC1=NC(c2ccccc2)(c2ccccc2)C(=P)C1. The molecule has 1 aliphatic rings. The van der Waals surface area contributed by atoms with Crippen molar-refractivity contribution in [1.29, 1.82) is 0 Å². The number of rotatable bonds is 2. The van der Waals surface area contributed by atoms with Crippen molar-refractivity contribution in [2.24, 2.45) is 10.7 Å². The van der Waals surface area contributed by atoms with Crippen LogP contribution in [0.2, 0.25) is 0 Å². The highest BCUT2D eigenvalue weighted by atomic mass is 31.0. The smallest absolute Gasteiger partial charge is 0.138 e. The van der Waals surface area contributed by atoms with E-state index in [1.165, 1.54) is 0 Å². The lowest BCUT2D eigenvalue weighted by molar-refractivity contribution is 0.754.